The summed E-state index contributed by atoms with van der Waals surface area (Å²) in [5.41, 5.74) is 8.00. The van der Waals surface area contributed by atoms with Gasteiger partial charge in [-0.05, 0) is 48.2 Å². The highest BCUT2D eigenvalue weighted by molar-refractivity contribution is 7.90. The number of aromatic amines is 1. The van der Waals surface area contributed by atoms with Crippen molar-refractivity contribution in [2.45, 2.75) is 17.4 Å². The zero-order valence-electron chi connectivity index (χ0n) is 19.6. The number of rotatable bonds is 5. The fraction of sp³-hybridized carbons (Fsp3) is 0.208. The highest BCUT2D eigenvalue weighted by Gasteiger charge is 2.28. The molecule has 4 heterocycles. The molecule has 11 nitrogen and oxygen atoms in total. The van der Waals surface area contributed by atoms with Crippen LogP contribution in [0.2, 0.25) is 0 Å². The standard InChI is InChI=1S/C24H22FN7O4S/c1-37(34,35)16-4-5-18(17(25)11-16)28-23-29-21(26)20-22(30-23)32(15-7-9-36-12-15)24(33)31(20)14-3-2-13-6-8-27-19(13)10-14/h2-6,8,10-11,15,27H,7,9,12H2,1H3,(H3,26,28,29,30). The zero-order valence-corrected chi connectivity index (χ0v) is 20.4. The van der Waals surface area contributed by atoms with Crippen LogP contribution in [0.25, 0.3) is 27.8 Å². The summed E-state index contributed by atoms with van der Waals surface area (Å²) < 4.78 is 46.7. The van der Waals surface area contributed by atoms with Crippen molar-refractivity contribution in [1.82, 2.24) is 24.1 Å². The van der Waals surface area contributed by atoms with Crippen LogP contribution < -0.4 is 16.7 Å². The smallest absolute Gasteiger partial charge is 0.335 e. The third kappa shape index (κ3) is 3.92. The van der Waals surface area contributed by atoms with E-state index in [1.807, 2.05) is 30.5 Å². The number of aromatic nitrogens is 5. The predicted molar refractivity (Wildman–Crippen MR) is 137 cm³/mol. The quantitative estimate of drug-likeness (QED) is 0.318. The van der Waals surface area contributed by atoms with Crippen molar-refractivity contribution in [2.24, 2.45) is 0 Å². The van der Waals surface area contributed by atoms with Crippen molar-refractivity contribution in [3.05, 3.63) is 65.0 Å². The van der Waals surface area contributed by atoms with E-state index in [0.717, 1.165) is 23.2 Å². The second-order valence-corrected chi connectivity index (χ2v) is 10.9. The molecular formula is C24H22FN7O4S. The minimum atomic E-state index is -3.58. The second kappa shape index (κ2) is 8.42. The Hall–Kier alpha value is -4.23. The SMILES string of the molecule is CS(=O)(=O)c1ccc(Nc2nc(N)c3c(n2)n(C2CCOC2)c(=O)n3-c2ccc3cc[nH]c3c2)c(F)c1. The summed E-state index contributed by atoms with van der Waals surface area (Å²) >= 11 is 0. The topological polar surface area (TPSA) is 150 Å². The van der Waals surface area contributed by atoms with E-state index in [4.69, 9.17) is 10.5 Å². The van der Waals surface area contributed by atoms with Gasteiger partial charge in [0, 0.05) is 24.6 Å². The van der Waals surface area contributed by atoms with Crippen molar-refractivity contribution in [1.29, 1.82) is 0 Å². The molecule has 1 aliphatic heterocycles. The lowest BCUT2D eigenvalue weighted by atomic mass is 10.2. The number of halogens is 1. The summed E-state index contributed by atoms with van der Waals surface area (Å²) in [5, 5.41) is 3.75. The Labute approximate surface area is 209 Å². The van der Waals surface area contributed by atoms with Gasteiger partial charge in [0.05, 0.1) is 28.9 Å². The van der Waals surface area contributed by atoms with Gasteiger partial charge >= 0.3 is 5.69 Å². The molecule has 13 heteroatoms. The van der Waals surface area contributed by atoms with Gasteiger partial charge < -0.3 is 20.8 Å². The molecule has 0 aliphatic carbocycles. The van der Waals surface area contributed by atoms with Crippen molar-refractivity contribution >= 4 is 49.4 Å². The first kappa shape index (κ1) is 23.2. The first-order chi connectivity index (χ1) is 17.7. The number of ether oxygens (including phenoxy) is 1. The van der Waals surface area contributed by atoms with Crippen molar-refractivity contribution < 1.29 is 17.5 Å². The maximum absolute atomic E-state index is 14.7. The molecule has 0 spiro atoms. The molecule has 2 aromatic carbocycles. The van der Waals surface area contributed by atoms with E-state index in [-0.39, 0.29) is 39.7 Å². The van der Waals surface area contributed by atoms with E-state index in [1.54, 1.807) is 0 Å². The monoisotopic (exact) mass is 523 g/mol. The van der Waals surface area contributed by atoms with E-state index >= 15 is 0 Å². The lowest BCUT2D eigenvalue weighted by Gasteiger charge is -2.11. The maximum atomic E-state index is 14.7. The number of nitrogen functional groups attached to an aromatic ring is 1. The molecule has 0 amide bonds. The maximum Gasteiger partial charge on any atom is 0.335 e. The van der Waals surface area contributed by atoms with Crippen LogP contribution in [0.4, 0.5) is 21.8 Å². The summed E-state index contributed by atoms with van der Waals surface area (Å²) in [4.78, 5) is 25.6. The van der Waals surface area contributed by atoms with Crippen LogP contribution in [0.3, 0.4) is 0 Å². The number of hydrogen-bond acceptors (Lipinski definition) is 8. The molecule has 1 fully saturated rings. The highest BCUT2D eigenvalue weighted by Crippen LogP contribution is 2.30. The second-order valence-electron chi connectivity index (χ2n) is 8.90. The number of nitrogens with zero attached hydrogens (tertiary/aromatic N) is 4. The van der Waals surface area contributed by atoms with E-state index in [1.165, 1.54) is 21.3 Å². The number of H-pyrrole nitrogens is 1. The molecule has 1 atom stereocenters. The predicted octanol–water partition coefficient (Wildman–Crippen LogP) is 2.89. The summed E-state index contributed by atoms with van der Waals surface area (Å²) in [6, 6.07) is 10.7. The third-order valence-electron chi connectivity index (χ3n) is 6.42. The van der Waals surface area contributed by atoms with Crippen molar-refractivity contribution in [3.8, 4) is 5.69 Å². The molecule has 5 aromatic rings. The molecular weight excluding hydrogens is 501 g/mol. The van der Waals surface area contributed by atoms with Crippen molar-refractivity contribution in [3.63, 3.8) is 0 Å². The van der Waals surface area contributed by atoms with Crippen molar-refractivity contribution in [2.75, 3.05) is 30.5 Å². The van der Waals surface area contributed by atoms with Gasteiger partial charge in [0.15, 0.2) is 21.3 Å². The van der Waals surface area contributed by atoms with Crippen LogP contribution in [0.1, 0.15) is 12.5 Å². The summed E-state index contributed by atoms with van der Waals surface area (Å²) in [7, 11) is -3.58. The highest BCUT2D eigenvalue weighted by atomic mass is 32.2. The van der Waals surface area contributed by atoms with E-state index < -0.39 is 15.7 Å². The zero-order chi connectivity index (χ0) is 25.9. The summed E-state index contributed by atoms with van der Waals surface area (Å²) in [6.45, 7) is 0.838. The Morgan fingerprint density at radius 3 is 2.76 bits per heavy atom. The number of nitrogens with two attached hydrogens (primary N) is 1. The average Bonchev–Trinajstić information content (AvgIpc) is 3.58. The van der Waals surface area contributed by atoms with Gasteiger partial charge in [-0.25, -0.2) is 17.6 Å². The minimum Gasteiger partial charge on any atom is -0.382 e. The minimum absolute atomic E-state index is 0.0158. The van der Waals surface area contributed by atoms with Crippen LogP contribution in [0, 0.1) is 5.82 Å². The number of fused-ring (bicyclic) bond motifs is 2. The average molecular weight is 524 g/mol. The van der Waals surface area contributed by atoms with E-state index in [2.05, 4.69) is 20.3 Å². The van der Waals surface area contributed by atoms with Crippen LogP contribution in [0.15, 0.2) is 58.4 Å². The Kier molecular flexibility index (Phi) is 5.28. The molecule has 3 aromatic heterocycles. The third-order valence-corrected chi connectivity index (χ3v) is 7.53. The number of nitrogens with one attached hydrogen (secondary N) is 2. The Morgan fingerprint density at radius 1 is 1.19 bits per heavy atom. The number of hydrogen-bond donors (Lipinski definition) is 3. The number of benzene rings is 2. The van der Waals surface area contributed by atoms with Gasteiger partial charge in [0.25, 0.3) is 0 Å². The largest absolute Gasteiger partial charge is 0.382 e. The first-order valence-electron chi connectivity index (χ1n) is 11.4. The molecule has 0 bridgehead atoms. The first-order valence-corrected chi connectivity index (χ1v) is 13.3. The van der Waals surface area contributed by atoms with E-state index in [0.29, 0.717) is 30.8 Å². The molecule has 37 heavy (non-hydrogen) atoms. The van der Waals surface area contributed by atoms with Crippen LogP contribution in [0.5, 0.6) is 0 Å². The summed E-state index contributed by atoms with van der Waals surface area (Å²) in [5.74, 6) is -0.828. The summed E-state index contributed by atoms with van der Waals surface area (Å²) in [6.07, 6.45) is 3.42. The van der Waals surface area contributed by atoms with Gasteiger partial charge in [-0.1, -0.05) is 6.07 Å². The molecule has 6 rings (SSSR count). The lowest BCUT2D eigenvalue weighted by Crippen LogP contribution is -2.27. The van der Waals surface area contributed by atoms with Crippen LogP contribution >= 0.6 is 0 Å². The molecule has 4 N–H and O–H groups in total. The van der Waals surface area contributed by atoms with Gasteiger partial charge in [-0.2, -0.15) is 9.97 Å². The van der Waals surface area contributed by atoms with Crippen LogP contribution in [-0.4, -0.2) is 52.0 Å². The fourth-order valence-electron chi connectivity index (χ4n) is 4.61. The lowest BCUT2D eigenvalue weighted by molar-refractivity contribution is 0.186. The van der Waals surface area contributed by atoms with Gasteiger partial charge in [0.1, 0.15) is 11.3 Å². The normalized spacial score (nSPS) is 16.1. The number of anilines is 3. The Morgan fingerprint density at radius 2 is 2.03 bits per heavy atom. The number of imidazole rings is 1. The molecule has 1 aliphatic rings. The molecule has 0 saturated carbocycles. The number of sulfone groups is 1. The molecule has 0 radical (unpaired) electrons. The van der Waals surface area contributed by atoms with Gasteiger partial charge in [-0.15, -0.1) is 0 Å². The van der Waals surface area contributed by atoms with Crippen LogP contribution in [-0.2, 0) is 14.6 Å². The van der Waals surface area contributed by atoms with Gasteiger partial charge in [0.2, 0.25) is 5.95 Å². The Balaban J connectivity index is 1.52. The fourth-order valence-corrected chi connectivity index (χ4v) is 5.24. The Bertz CT molecular complexity index is 1850. The van der Waals surface area contributed by atoms with E-state index in [9.17, 15) is 17.6 Å². The molecule has 1 saturated heterocycles. The molecule has 190 valence electrons. The molecule has 1 unspecified atom stereocenters. The van der Waals surface area contributed by atoms with Gasteiger partial charge in [-0.3, -0.25) is 9.13 Å².